The van der Waals surface area contributed by atoms with Crippen LogP contribution in [-0.2, 0) is 0 Å². The predicted molar refractivity (Wildman–Crippen MR) is 34.9 cm³/mol. The lowest BCUT2D eigenvalue weighted by molar-refractivity contribution is 0.363. The van der Waals surface area contributed by atoms with Gasteiger partial charge in [0.2, 0.25) is 0 Å². The Balaban J connectivity index is 2.28. The Morgan fingerprint density at radius 2 is 2.11 bits per heavy atom. The lowest BCUT2D eigenvalue weighted by Crippen LogP contribution is -2.10. The smallest absolute Gasteiger partial charge is 0.124 e. The number of nitriles is 1. The Bertz CT molecular complexity index is 139. The van der Waals surface area contributed by atoms with Gasteiger partial charge in [0, 0.05) is 13.1 Å². The van der Waals surface area contributed by atoms with Crippen molar-refractivity contribution in [3.8, 4) is 6.07 Å². The first kappa shape index (κ1) is 6.09. The van der Waals surface area contributed by atoms with Crippen molar-refractivity contribution >= 4 is 6.21 Å². The van der Waals surface area contributed by atoms with Gasteiger partial charge in [0.25, 0.3) is 0 Å². The molecular weight excluding hydrogens is 114 g/mol. The Morgan fingerprint density at radius 3 is 2.67 bits per heavy atom. The molecule has 0 aromatic heterocycles. The Labute approximate surface area is 54.6 Å². The first-order chi connectivity index (χ1) is 4.43. The molecule has 1 saturated heterocycles. The van der Waals surface area contributed by atoms with Crippen LogP contribution in [-0.4, -0.2) is 24.3 Å². The first-order valence-corrected chi connectivity index (χ1v) is 3.10. The van der Waals surface area contributed by atoms with E-state index in [1.54, 1.807) is 0 Å². The molecule has 9 heavy (non-hydrogen) atoms. The molecule has 0 aromatic rings. The molecule has 1 aliphatic rings. The van der Waals surface area contributed by atoms with Crippen molar-refractivity contribution < 1.29 is 0 Å². The second-order valence-corrected chi connectivity index (χ2v) is 2.03. The van der Waals surface area contributed by atoms with E-state index in [1.165, 1.54) is 19.1 Å². The number of hydrogen-bond donors (Lipinski definition) is 0. The van der Waals surface area contributed by atoms with Crippen molar-refractivity contribution in [3.05, 3.63) is 0 Å². The molecule has 0 unspecified atom stereocenters. The van der Waals surface area contributed by atoms with E-state index in [0.29, 0.717) is 0 Å². The summed E-state index contributed by atoms with van der Waals surface area (Å²) < 4.78 is 0. The summed E-state index contributed by atoms with van der Waals surface area (Å²) in [5.41, 5.74) is 0. The van der Waals surface area contributed by atoms with E-state index < -0.39 is 0 Å². The van der Waals surface area contributed by atoms with Gasteiger partial charge in [-0.1, -0.05) is 0 Å². The fraction of sp³-hybridized carbons (Fsp3) is 0.667. The lowest BCUT2D eigenvalue weighted by Gasteiger charge is -2.06. The largest absolute Gasteiger partial charge is 0.296 e. The standard InChI is InChI=1S/C6H9N3/c7-3-4-8-9-5-1-2-6-9/h4H,1-2,5-6H2/b8-4+. The molecule has 0 bridgehead atoms. The van der Waals surface area contributed by atoms with Gasteiger partial charge in [0.15, 0.2) is 0 Å². The van der Waals surface area contributed by atoms with Gasteiger partial charge in [-0.05, 0) is 12.8 Å². The van der Waals surface area contributed by atoms with Crippen LogP contribution in [0.5, 0.6) is 0 Å². The van der Waals surface area contributed by atoms with Crippen LogP contribution in [0.1, 0.15) is 12.8 Å². The minimum absolute atomic E-state index is 1.01. The van der Waals surface area contributed by atoms with Gasteiger partial charge in [-0.3, -0.25) is 5.01 Å². The van der Waals surface area contributed by atoms with Gasteiger partial charge in [0.05, 0.1) is 0 Å². The van der Waals surface area contributed by atoms with E-state index in [2.05, 4.69) is 5.10 Å². The highest BCUT2D eigenvalue weighted by Crippen LogP contribution is 2.05. The molecule has 0 radical (unpaired) electrons. The van der Waals surface area contributed by atoms with Crippen LogP contribution in [0.4, 0.5) is 0 Å². The molecular formula is C6H9N3. The first-order valence-electron chi connectivity index (χ1n) is 3.10. The van der Waals surface area contributed by atoms with Crippen molar-refractivity contribution in [2.24, 2.45) is 5.10 Å². The van der Waals surface area contributed by atoms with Crippen LogP contribution in [0.3, 0.4) is 0 Å². The second-order valence-electron chi connectivity index (χ2n) is 2.03. The van der Waals surface area contributed by atoms with Crippen LogP contribution in [0.2, 0.25) is 0 Å². The minimum atomic E-state index is 1.01. The zero-order valence-corrected chi connectivity index (χ0v) is 5.25. The molecule has 1 rings (SSSR count). The minimum Gasteiger partial charge on any atom is -0.296 e. The molecule has 1 aliphatic heterocycles. The number of nitrogens with zero attached hydrogens (tertiary/aromatic N) is 3. The van der Waals surface area contributed by atoms with E-state index in [9.17, 15) is 0 Å². The summed E-state index contributed by atoms with van der Waals surface area (Å²) in [5.74, 6) is 0. The van der Waals surface area contributed by atoms with Gasteiger partial charge in [-0.15, -0.1) is 0 Å². The predicted octanol–water partition coefficient (Wildman–Crippen LogP) is 0.592. The van der Waals surface area contributed by atoms with Gasteiger partial charge in [-0.25, -0.2) is 0 Å². The molecule has 0 N–H and O–H groups in total. The SMILES string of the molecule is N#C/C=N/N1CCCC1. The highest BCUT2D eigenvalue weighted by atomic mass is 15.5. The summed E-state index contributed by atoms with van der Waals surface area (Å²) >= 11 is 0. The Hall–Kier alpha value is -1.04. The lowest BCUT2D eigenvalue weighted by atomic mass is 10.4. The number of rotatable bonds is 1. The number of hydrogen-bond acceptors (Lipinski definition) is 3. The van der Waals surface area contributed by atoms with E-state index in [4.69, 9.17) is 5.26 Å². The van der Waals surface area contributed by atoms with Crippen molar-refractivity contribution in [2.45, 2.75) is 12.8 Å². The monoisotopic (exact) mass is 123 g/mol. The summed E-state index contributed by atoms with van der Waals surface area (Å²) in [6.07, 6.45) is 3.71. The molecule has 0 amide bonds. The topological polar surface area (TPSA) is 39.4 Å². The zero-order valence-electron chi connectivity index (χ0n) is 5.25. The molecule has 3 nitrogen and oxygen atoms in total. The van der Waals surface area contributed by atoms with Crippen molar-refractivity contribution in [1.82, 2.24) is 5.01 Å². The Morgan fingerprint density at radius 1 is 1.44 bits per heavy atom. The molecule has 0 aromatic carbocycles. The van der Waals surface area contributed by atoms with Crippen LogP contribution < -0.4 is 0 Å². The van der Waals surface area contributed by atoms with Crippen molar-refractivity contribution in [2.75, 3.05) is 13.1 Å². The summed E-state index contributed by atoms with van der Waals surface area (Å²) in [6, 6.07) is 1.86. The van der Waals surface area contributed by atoms with Crippen molar-refractivity contribution in [3.63, 3.8) is 0 Å². The molecule has 3 heteroatoms. The third kappa shape index (κ3) is 1.73. The quantitative estimate of drug-likeness (QED) is 0.479. The zero-order chi connectivity index (χ0) is 6.53. The van der Waals surface area contributed by atoms with Gasteiger partial charge < -0.3 is 0 Å². The fourth-order valence-corrected chi connectivity index (χ4v) is 0.923. The molecule has 48 valence electrons. The molecule has 0 spiro atoms. The molecule has 0 atom stereocenters. The van der Waals surface area contributed by atoms with Crippen LogP contribution in [0.15, 0.2) is 5.10 Å². The fourth-order valence-electron chi connectivity index (χ4n) is 0.923. The summed E-state index contributed by atoms with van der Waals surface area (Å²) in [7, 11) is 0. The summed E-state index contributed by atoms with van der Waals surface area (Å²) in [5, 5.41) is 13.9. The van der Waals surface area contributed by atoms with Crippen LogP contribution >= 0.6 is 0 Å². The molecule has 1 fully saturated rings. The molecule has 0 aliphatic carbocycles. The normalized spacial score (nSPS) is 18.8. The molecule has 0 saturated carbocycles. The average Bonchev–Trinajstić information content (AvgIpc) is 2.34. The maximum Gasteiger partial charge on any atom is 0.124 e. The Kier molecular flexibility index (Phi) is 2.08. The number of hydrazone groups is 1. The van der Waals surface area contributed by atoms with E-state index >= 15 is 0 Å². The maximum atomic E-state index is 8.10. The van der Waals surface area contributed by atoms with Crippen molar-refractivity contribution in [1.29, 1.82) is 5.26 Å². The third-order valence-electron chi connectivity index (χ3n) is 1.36. The highest BCUT2D eigenvalue weighted by Gasteiger charge is 2.06. The van der Waals surface area contributed by atoms with Gasteiger partial charge in [0.1, 0.15) is 12.3 Å². The highest BCUT2D eigenvalue weighted by molar-refractivity contribution is 5.74. The van der Waals surface area contributed by atoms with Gasteiger partial charge >= 0.3 is 0 Å². The van der Waals surface area contributed by atoms with E-state index in [1.807, 2.05) is 11.1 Å². The second kappa shape index (κ2) is 3.08. The third-order valence-corrected chi connectivity index (χ3v) is 1.36. The van der Waals surface area contributed by atoms with Crippen LogP contribution in [0, 0.1) is 11.3 Å². The summed E-state index contributed by atoms with van der Waals surface area (Å²) in [6.45, 7) is 2.02. The maximum absolute atomic E-state index is 8.10. The summed E-state index contributed by atoms with van der Waals surface area (Å²) in [4.78, 5) is 0. The van der Waals surface area contributed by atoms with E-state index in [0.717, 1.165) is 13.1 Å². The van der Waals surface area contributed by atoms with E-state index in [-0.39, 0.29) is 0 Å². The van der Waals surface area contributed by atoms with Gasteiger partial charge in [-0.2, -0.15) is 10.4 Å². The average molecular weight is 123 g/mol. The van der Waals surface area contributed by atoms with Crippen LogP contribution in [0.25, 0.3) is 0 Å². The molecule has 1 heterocycles.